The van der Waals surface area contributed by atoms with Crippen molar-refractivity contribution in [2.45, 2.75) is 26.4 Å². The average Bonchev–Trinajstić information content (AvgIpc) is 2.56. The number of carbonyl (C=O) groups is 2. The molecular formula is C19H29BrN2O5. The molecule has 0 aliphatic heterocycles. The van der Waals surface area contributed by atoms with Crippen molar-refractivity contribution in [3.63, 3.8) is 0 Å². The van der Waals surface area contributed by atoms with Gasteiger partial charge in [-0.2, -0.15) is 0 Å². The standard InChI is InChI=1S/C19H29BrN2O5/c1-19(2,3)27-16(23)12-22(9-8-21(4)5)18(24)13-10-14(25-6)17(20)15(11-13)26-7/h10-11H,8-9,12H2,1-7H3. The van der Waals surface area contributed by atoms with Crippen LogP contribution in [0.2, 0.25) is 0 Å². The highest BCUT2D eigenvalue weighted by molar-refractivity contribution is 9.10. The molecule has 1 amide bonds. The zero-order valence-corrected chi connectivity index (χ0v) is 18.7. The summed E-state index contributed by atoms with van der Waals surface area (Å²) < 4.78 is 16.6. The van der Waals surface area contributed by atoms with Crippen molar-refractivity contribution < 1.29 is 23.8 Å². The van der Waals surface area contributed by atoms with Gasteiger partial charge in [-0.1, -0.05) is 0 Å². The molecule has 0 bridgehead atoms. The SMILES string of the molecule is COc1cc(C(=O)N(CCN(C)C)CC(=O)OC(C)(C)C)cc(OC)c1Br. The number of hydrogen-bond acceptors (Lipinski definition) is 6. The van der Waals surface area contributed by atoms with Crippen LogP contribution in [0.3, 0.4) is 0 Å². The van der Waals surface area contributed by atoms with Gasteiger partial charge in [0.05, 0.1) is 14.2 Å². The van der Waals surface area contributed by atoms with Gasteiger partial charge in [0, 0.05) is 18.7 Å². The lowest BCUT2D eigenvalue weighted by Gasteiger charge is -2.26. The molecule has 0 fully saturated rings. The molecule has 0 unspecified atom stereocenters. The molecule has 1 aromatic carbocycles. The first-order valence-electron chi connectivity index (χ1n) is 8.56. The number of methoxy groups -OCH3 is 2. The van der Waals surface area contributed by atoms with Crippen LogP contribution in [-0.2, 0) is 9.53 Å². The van der Waals surface area contributed by atoms with E-state index < -0.39 is 11.6 Å². The Morgan fingerprint density at radius 2 is 1.56 bits per heavy atom. The number of carbonyl (C=O) groups excluding carboxylic acids is 2. The smallest absolute Gasteiger partial charge is 0.326 e. The van der Waals surface area contributed by atoms with Crippen molar-refractivity contribution >= 4 is 27.8 Å². The summed E-state index contributed by atoms with van der Waals surface area (Å²) in [6.45, 7) is 6.24. The maximum absolute atomic E-state index is 13.1. The number of esters is 1. The van der Waals surface area contributed by atoms with Gasteiger partial charge in [0.2, 0.25) is 0 Å². The number of nitrogens with zero attached hydrogens (tertiary/aromatic N) is 2. The number of halogens is 1. The number of hydrogen-bond donors (Lipinski definition) is 0. The molecule has 1 aromatic rings. The van der Waals surface area contributed by atoms with Crippen LogP contribution in [0.15, 0.2) is 16.6 Å². The van der Waals surface area contributed by atoms with E-state index in [0.717, 1.165) is 0 Å². The fourth-order valence-corrected chi connectivity index (χ4v) is 2.83. The molecule has 0 atom stereocenters. The first-order chi connectivity index (χ1) is 12.5. The van der Waals surface area contributed by atoms with E-state index in [1.165, 1.54) is 19.1 Å². The maximum atomic E-state index is 13.1. The lowest BCUT2D eigenvalue weighted by molar-refractivity contribution is -0.155. The number of rotatable bonds is 8. The first kappa shape index (κ1) is 23.2. The van der Waals surface area contributed by atoms with Crippen LogP contribution < -0.4 is 9.47 Å². The van der Waals surface area contributed by atoms with E-state index in [-0.39, 0.29) is 12.5 Å². The van der Waals surface area contributed by atoms with E-state index in [1.54, 1.807) is 32.9 Å². The third-order valence-electron chi connectivity index (χ3n) is 3.54. The Labute approximate surface area is 169 Å². The van der Waals surface area contributed by atoms with Crippen molar-refractivity contribution in [3.8, 4) is 11.5 Å². The summed E-state index contributed by atoms with van der Waals surface area (Å²) in [6, 6.07) is 3.24. The number of ether oxygens (including phenoxy) is 3. The highest BCUT2D eigenvalue weighted by Crippen LogP contribution is 2.36. The highest BCUT2D eigenvalue weighted by atomic mass is 79.9. The lowest BCUT2D eigenvalue weighted by Crippen LogP contribution is -2.42. The maximum Gasteiger partial charge on any atom is 0.326 e. The van der Waals surface area contributed by atoms with Crippen molar-refractivity contribution in [3.05, 3.63) is 22.2 Å². The van der Waals surface area contributed by atoms with Gasteiger partial charge in [-0.3, -0.25) is 9.59 Å². The Hall–Kier alpha value is -1.80. The van der Waals surface area contributed by atoms with E-state index >= 15 is 0 Å². The lowest BCUT2D eigenvalue weighted by atomic mass is 10.1. The van der Waals surface area contributed by atoms with Gasteiger partial charge in [0.15, 0.2) is 0 Å². The first-order valence-corrected chi connectivity index (χ1v) is 9.35. The molecule has 0 radical (unpaired) electrons. The molecule has 0 spiro atoms. The summed E-state index contributed by atoms with van der Waals surface area (Å²) in [5, 5.41) is 0. The van der Waals surface area contributed by atoms with Gasteiger partial charge in [-0.05, 0) is 62.9 Å². The predicted octanol–water partition coefficient (Wildman–Crippen LogP) is 2.81. The molecule has 0 aliphatic carbocycles. The Kier molecular flexibility index (Phi) is 8.56. The second-order valence-electron chi connectivity index (χ2n) is 7.31. The molecule has 0 N–H and O–H groups in total. The van der Waals surface area contributed by atoms with Crippen molar-refractivity contribution in [1.29, 1.82) is 0 Å². The van der Waals surface area contributed by atoms with Gasteiger partial charge in [-0.25, -0.2) is 0 Å². The zero-order chi connectivity index (χ0) is 20.8. The molecule has 0 heterocycles. The van der Waals surface area contributed by atoms with Gasteiger partial charge >= 0.3 is 5.97 Å². The molecule has 1 rings (SSSR count). The molecule has 8 heteroatoms. The van der Waals surface area contributed by atoms with Gasteiger partial charge in [0.25, 0.3) is 5.91 Å². The number of amides is 1. The van der Waals surface area contributed by atoms with Crippen LogP contribution in [0, 0.1) is 0 Å². The Morgan fingerprint density at radius 1 is 1.04 bits per heavy atom. The quantitative estimate of drug-likeness (QED) is 0.574. The minimum atomic E-state index is -0.614. The molecule has 0 saturated carbocycles. The average molecular weight is 445 g/mol. The second kappa shape index (κ2) is 9.94. The third kappa shape index (κ3) is 7.38. The summed E-state index contributed by atoms with van der Waals surface area (Å²) in [5.74, 6) is 0.197. The zero-order valence-electron chi connectivity index (χ0n) is 17.1. The van der Waals surface area contributed by atoms with Crippen molar-refractivity contribution in [2.75, 3.05) is 47.9 Å². The number of benzene rings is 1. The fourth-order valence-electron chi connectivity index (χ4n) is 2.28. The van der Waals surface area contributed by atoms with Crippen molar-refractivity contribution in [1.82, 2.24) is 9.80 Å². The normalized spacial score (nSPS) is 11.3. The largest absolute Gasteiger partial charge is 0.495 e. The molecular weight excluding hydrogens is 416 g/mol. The molecule has 152 valence electrons. The molecule has 7 nitrogen and oxygen atoms in total. The Morgan fingerprint density at radius 3 is 1.96 bits per heavy atom. The molecule has 0 aliphatic rings. The van der Waals surface area contributed by atoms with Crippen LogP contribution in [0.25, 0.3) is 0 Å². The van der Waals surface area contributed by atoms with Gasteiger partial charge in [0.1, 0.15) is 28.1 Å². The minimum absolute atomic E-state index is 0.134. The van der Waals surface area contributed by atoms with E-state index in [2.05, 4.69) is 15.9 Å². The predicted molar refractivity (Wildman–Crippen MR) is 108 cm³/mol. The van der Waals surface area contributed by atoms with E-state index in [0.29, 0.717) is 34.6 Å². The summed E-state index contributed by atoms with van der Waals surface area (Å²) in [5.41, 5.74) is -0.244. The summed E-state index contributed by atoms with van der Waals surface area (Å²) in [6.07, 6.45) is 0. The van der Waals surface area contributed by atoms with Gasteiger partial charge in [-0.15, -0.1) is 0 Å². The second-order valence-corrected chi connectivity index (χ2v) is 8.10. The topological polar surface area (TPSA) is 68.3 Å². The van der Waals surface area contributed by atoms with Crippen LogP contribution in [0.1, 0.15) is 31.1 Å². The number of likely N-dealkylation sites (N-methyl/N-ethyl adjacent to an activating group) is 1. The van der Waals surface area contributed by atoms with E-state index in [1.807, 2.05) is 19.0 Å². The molecule has 0 aromatic heterocycles. The van der Waals surface area contributed by atoms with Crippen LogP contribution in [-0.4, -0.2) is 75.2 Å². The van der Waals surface area contributed by atoms with Crippen LogP contribution >= 0.6 is 15.9 Å². The van der Waals surface area contributed by atoms with E-state index in [9.17, 15) is 9.59 Å². The fraction of sp³-hybridized carbons (Fsp3) is 0.579. The highest BCUT2D eigenvalue weighted by Gasteiger charge is 2.24. The monoisotopic (exact) mass is 444 g/mol. The van der Waals surface area contributed by atoms with Crippen LogP contribution in [0.5, 0.6) is 11.5 Å². The summed E-state index contributed by atoms with van der Waals surface area (Å²) in [7, 11) is 6.83. The van der Waals surface area contributed by atoms with Gasteiger partial charge < -0.3 is 24.0 Å². The van der Waals surface area contributed by atoms with Crippen LogP contribution in [0.4, 0.5) is 0 Å². The Bertz CT molecular complexity index is 646. The Balaban J connectivity index is 3.13. The third-order valence-corrected chi connectivity index (χ3v) is 4.32. The summed E-state index contributed by atoms with van der Waals surface area (Å²) in [4.78, 5) is 28.8. The van der Waals surface area contributed by atoms with Crippen molar-refractivity contribution in [2.24, 2.45) is 0 Å². The summed E-state index contributed by atoms with van der Waals surface area (Å²) >= 11 is 3.39. The minimum Gasteiger partial charge on any atom is -0.495 e. The molecule has 0 saturated heterocycles. The molecule has 27 heavy (non-hydrogen) atoms. The van der Waals surface area contributed by atoms with E-state index in [4.69, 9.17) is 14.2 Å².